The summed E-state index contributed by atoms with van der Waals surface area (Å²) in [5.74, 6) is 1.46. The minimum Gasteiger partial charge on any atom is -0.496 e. The van der Waals surface area contributed by atoms with Crippen LogP contribution in [0.1, 0.15) is 11.6 Å². The van der Waals surface area contributed by atoms with Gasteiger partial charge in [0.1, 0.15) is 5.75 Å². The number of morpholine rings is 1. The Bertz CT molecular complexity index is 505. The van der Waals surface area contributed by atoms with Crippen LogP contribution in [0.2, 0.25) is 0 Å². The molecule has 6 nitrogen and oxygen atoms in total. The van der Waals surface area contributed by atoms with Gasteiger partial charge in [0.2, 0.25) is 0 Å². The van der Waals surface area contributed by atoms with Crippen LogP contribution in [0.5, 0.6) is 5.75 Å². The highest BCUT2D eigenvalue weighted by atomic mass is 127. The molecular weight excluding hydrogens is 407 g/mol. The second kappa shape index (κ2) is 9.94. The predicted molar refractivity (Wildman–Crippen MR) is 104 cm³/mol. The summed E-state index contributed by atoms with van der Waals surface area (Å²) < 4.78 is 10.8. The number of para-hydroxylation sites is 1. The first-order valence-electron chi connectivity index (χ1n) is 7.55. The van der Waals surface area contributed by atoms with E-state index in [9.17, 15) is 0 Å². The summed E-state index contributed by atoms with van der Waals surface area (Å²) in [6, 6.07) is 8.16. The number of methoxy groups -OCH3 is 1. The van der Waals surface area contributed by atoms with Crippen LogP contribution in [0.3, 0.4) is 0 Å². The molecule has 1 aliphatic rings. The van der Waals surface area contributed by atoms with E-state index in [2.05, 4.69) is 20.9 Å². The van der Waals surface area contributed by atoms with Crippen molar-refractivity contribution in [1.82, 2.24) is 9.80 Å². The van der Waals surface area contributed by atoms with Crippen LogP contribution in [0.4, 0.5) is 0 Å². The van der Waals surface area contributed by atoms with Gasteiger partial charge in [-0.1, -0.05) is 18.2 Å². The normalized spacial score (nSPS) is 16.9. The molecular formula is C16H27IN4O2. The summed E-state index contributed by atoms with van der Waals surface area (Å²) in [6.45, 7) is 3.61. The van der Waals surface area contributed by atoms with E-state index in [1.807, 2.05) is 32.3 Å². The molecule has 1 unspecified atom stereocenters. The van der Waals surface area contributed by atoms with Gasteiger partial charge in [-0.25, -0.2) is 0 Å². The monoisotopic (exact) mass is 434 g/mol. The molecule has 1 aromatic rings. The number of hydrogen-bond donors (Lipinski definition) is 1. The molecule has 1 saturated heterocycles. The minimum atomic E-state index is 0. The van der Waals surface area contributed by atoms with E-state index in [4.69, 9.17) is 15.2 Å². The fraction of sp³-hybridized carbons (Fsp3) is 0.562. The molecule has 2 N–H and O–H groups in total. The van der Waals surface area contributed by atoms with Gasteiger partial charge in [-0.15, -0.1) is 24.0 Å². The van der Waals surface area contributed by atoms with Crippen LogP contribution in [0.25, 0.3) is 0 Å². The fourth-order valence-corrected chi connectivity index (χ4v) is 2.55. The molecule has 1 aromatic carbocycles. The molecule has 0 bridgehead atoms. The van der Waals surface area contributed by atoms with Crippen LogP contribution in [0, 0.1) is 0 Å². The van der Waals surface area contributed by atoms with Gasteiger partial charge in [0.15, 0.2) is 5.96 Å². The summed E-state index contributed by atoms with van der Waals surface area (Å²) >= 11 is 0. The number of aliphatic imine (C=N–C) groups is 1. The third-order valence-corrected chi connectivity index (χ3v) is 3.88. The number of rotatable bonds is 5. The van der Waals surface area contributed by atoms with Gasteiger partial charge in [-0.3, -0.25) is 4.99 Å². The molecule has 0 aliphatic carbocycles. The lowest BCUT2D eigenvalue weighted by Crippen LogP contribution is -2.45. The van der Waals surface area contributed by atoms with E-state index in [-0.39, 0.29) is 30.0 Å². The quantitative estimate of drug-likeness (QED) is 0.433. The summed E-state index contributed by atoms with van der Waals surface area (Å²) in [4.78, 5) is 8.79. The van der Waals surface area contributed by atoms with E-state index < -0.39 is 0 Å². The summed E-state index contributed by atoms with van der Waals surface area (Å²) in [6.07, 6.45) is 0. The second-order valence-corrected chi connectivity index (χ2v) is 5.52. The van der Waals surface area contributed by atoms with Crippen molar-refractivity contribution in [2.75, 3.05) is 54.1 Å². The third kappa shape index (κ3) is 5.50. The van der Waals surface area contributed by atoms with Crippen LogP contribution in [-0.4, -0.2) is 69.8 Å². The van der Waals surface area contributed by atoms with Crippen molar-refractivity contribution >= 4 is 29.9 Å². The maximum Gasteiger partial charge on any atom is 0.191 e. The number of ether oxygens (including phenoxy) is 2. The van der Waals surface area contributed by atoms with E-state index >= 15 is 0 Å². The lowest BCUT2D eigenvalue weighted by molar-refractivity contribution is 0.0673. The summed E-state index contributed by atoms with van der Waals surface area (Å²) in [5.41, 5.74) is 7.24. The lowest BCUT2D eigenvalue weighted by atomic mass is 10.0. The number of nitrogens with two attached hydrogens (primary N) is 1. The molecule has 7 heteroatoms. The highest BCUT2D eigenvalue weighted by molar-refractivity contribution is 14.0. The molecule has 0 amide bonds. The highest BCUT2D eigenvalue weighted by Crippen LogP contribution is 2.28. The summed E-state index contributed by atoms with van der Waals surface area (Å²) in [5, 5.41) is 0. The van der Waals surface area contributed by atoms with Gasteiger partial charge in [0, 0.05) is 18.7 Å². The first-order chi connectivity index (χ1) is 10.6. The Morgan fingerprint density at radius 3 is 2.61 bits per heavy atom. The van der Waals surface area contributed by atoms with E-state index in [1.165, 1.54) is 0 Å². The number of benzene rings is 1. The lowest BCUT2D eigenvalue weighted by Gasteiger charge is -2.29. The molecule has 1 atom stereocenters. The molecule has 1 heterocycles. The first kappa shape index (κ1) is 20.0. The largest absolute Gasteiger partial charge is 0.496 e. The molecule has 0 radical (unpaired) electrons. The average molecular weight is 434 g/mol. The fourth-order valence-electron chi connectivity index (χ4n) is 2.55. The van der Waals surface area contributed by atoms with Gasteiger partial charge in [0.05, 0.1) is 32.9 Å². The number of guanidine groups is 1. The Kier molecular flexibility index (Phi) is 8.64. The maximum atomic E-state index is 6.12. The van der Waals surface area contributed by atoms with Gasteiger partial charge in [-0.2, -0.15) is 0 Å². The molecule has 0 saturated carbocycles. The Morgan fingerprint density at radius 1 is 1.35 bits per heavy atom. The summed E-state index contributed by atoms with van der Waals surface area (Å²) in [7, 11) is 5.77. The standard InChI is InChI=1S/C16H26N4O2.HI/c1-19(2)14(13-6-4-5-7-15(13)21-3)12-18-16(17)20-8-10-22-11-9-20;/h4-7,14H,8-12H2,1-3H3,(H2,17,18);1H. The average Bonchev–Trinajstić information content (AvgIpc) is 2.55. The number of halogens is 1. The highest BCUT2D eigenvalue weighted by Gasteiger charge is 2.19. The molecule has 1 fully saturated rings. The predicted octanol–water partition coefficient (Wildman–Crippen LogP) is 1.56. The van der Waals surface area contributed by atoms with Crippen molar-refractivity contribution in [3.05, 3.63) is 29.8 Å². The van der Waals surface area contributed by atoms with Crippen molar-refractivity contribution in [2.45, 2.75) is 6.04 Å². The van der Waals surface area contributed by atoms with Gasteiger partial charge in [-0.05, 0) is 20.2 Å². The van der Waals surface area contributed by atoms with Crippen molar-refractivity contribution in [3.63, 3.8) is 0 Å². The SMILES string of the molecule is COc1ccccc1C(CN=C(N)N1CCOCC1)N(C)C.I. The molecule has 0 spiro atoms. The number of likely N-dealkylation sites (N-methyl/N-ethyl adjacent to an activating group) is 1. The van der Waals surface area contributed by atoms with E-state index in [0.29, 0.717) is 25.7 Å². The smallest absolute Gasteiger partial charge is 0.191 e. The van der Waals surface area contributed by atoms with Crippen LogP contribution < -0.4 is 10.5 Å². The Morgan fingerprint density at radius 2 is 2.00 bits per heavy atom. The zero-order valence-corrected chi connectivity index (χ0v) is 16.4. The van der Waals surface area contributed by atoms with Crippen molar-refractivity contribution in [3.8, 4) is 5.75 Å². The van der Waals surface area contributed by atoms with Crippen LogP contribution >= 0.6 is 24.0 Å². The molecule has 23 heavy (non-hydrogen) atoms. The number of hydrogen-bond acceptors (Lipinski definition) is 4. The van der Waals surface area contributed by atoms with Crippen molar-refractivity contribution < 1.29 is 9.47 Å². The molecule has 130 valence electrons. The zero-order valence-electron chi connectivity index (χ0n) is 14.1. The van der Waals surface area contributed by atoms with E-state index in [0.717, 1.165) is 24.4 Å². The Labute approximate surface area is 155 Å². The second-order valence-electron chi connectivity index (χ2n) is 5.52. The first-order valence-corrected chi connectivity index (χ1v) is 7.55. The van der Waals surface area contributed by atoms with Crippen molar-refractivity contribution in [2.24, 2.45) is 10.7 Å². The van der Waals surface area contributed by atoms with Gasteiger partial charge < -0.3 is 25.0 Å². The third-order valence-electron chi connectivity index (χ3n) is 3.88. The Hall–Kier alpha value is -1.06. The maximum absolute atomic E-state index is 6.12. The number of nitrogens with zero attached hydrogens (tertiary/aromatic N) is 3. The van der Waals surface area contributed by atoms with Crippen molar-refractivity contribution in [1.29, 1.82) is 0 Å². The molecule has 1 aliphatic heterocycles. The van der Waals surface area contributed by atoms with E-state index in [1.54, 1.807) is 7.11 Å². The zero-order chi connectivity index (χ0) is 15.9. The minimum absolute atomic E-state index is 0. The van der Waals surface area contributed by atoms with Crippen LogP contribution in [0.15, 0.2) is 29.3 Å². The van der Waals surface area contributed by atoms with Gasteiger partial charge in [0.25, 0.3) is 0 Å². The molecule has 2 rings (SSSR count). The van der Waals surface area contributed by atoms with Crippen LogP contribution in [-0.2, 0) is 4.74 Å². The van der Waals surface area contributed by atoms with Gasteiger partial charge >= 0.3 is 0 Å². The topological polar surface area (TPSA) is 63.3 Å². The molecule has 0 aromatic heterocycles. The Balaban J connectivity index is 0.00000264.